The molecule has 0 fully saturated rings. The summed E-state index contributed by atoms with van der Waals surface area (Å²) in [6.45, 7) is 16.6. The van der Waals surface area contributed by atoms with E-state index in [9.17, 15) is 0 Å². The first-order valence-corrected chi connectivity index (χ1v) is 18.3. The Labute approximate surface area is 311 Å². The molecule has 0 aromatic carbocycles. The van der Waals surface area contributed by atoms with Crippen LogP contribution in [0, 0.1) is 12.3 Å². The van der Waals surface area contributed by atoms with Crippen molar-refractivity contribution in [2.75, 3.05) is 218 Å². The number of hydrogen-bond donors (Lipinski definition) is 1. The van der Waals surface area contributed by atoms with Gasteiger partial charge in [0.15, 0.2) is 0 Å². The molecule has 0 aliphatic heterocycles. The molecule has 0 aromatic rings. The molecular weight excluding hydrogens is 690 g/mol. The molecule has 0 radical (unpaired) electrons. The van der Waals surface area contributed by atoms with E-state index < -0.39 is 0 Å². The van der Waals surface area contributed by atoms with Gasteiger partial charge in [-0.3, -0.25) is 0 Å². The number of nitrogens with two attached hydrogens (primary N) is 1. The molecule has 17 heteroatoms. The van der Waals surface area contributed by atoms with Crippen LogP contribution in [-0.2, 0) is 75.8 Å². The Morgan fingerprint density at radius 2 is 0.365 bits per heavy atom. The van der Waals surface area contributed by atoms with E-state index in [1.165, 1.54) is 0 Å². The summed E-state index contributed by atoms with van der Waals surface area (Å²) in [7, 11) is 0. The molecule has 0 saturated heterocycles. The molecule has 0 amide bonds. The molecular formula is C35H69NO16. The molecule has 0 aliphatic rings. The van der Waals surface area contributed by atoms with Crippen molar-refractivity contribution in [3.05, 3.63) is 0 Å². The van der Waals surface area contributed by atoms with Gasteiger partial charge in [0.05, 0.1) is 205 Å². The van der Waals surface area contributed by atoms with E-state index >= 15 is 0 Å². The number of hydrogen-bond acceptors (Lipinski definition) is 17. The summed E-state index contributed by atoms with van der Waals surface area (Å²) in [5, 5.41) is 0. The molecule has 0 bridgehead atoms. The predicted molar refractivity (Wildman–Crippen MR) is 191 cm³/mol. The number of ether oxygens (including phenoxy) is 16. The third-order valence-electron chi connectivity index (χ3n) is 6.03. The molecule has 0 saturated carbocycles. The van der Waals surface area contributed by atoms with Crippen LogP contribution in [0.25, 0.3) is 0 Å². The van der Waals surface area contributed by atoms with Gasteiger partial charge in [0.1, 0.15) is 6.61 Å². The van der Waals surface area contributed by atoms with Gasteiger partial charge < -0.3 is 81.5 Å². The van der Waals surface area contributed by atoms with Crippen molar-refractivity contribution in [3.8, 4) is 12.3 Å². The summed E-state index contributed by atoms with van der Waals surface area (Å²) in [4.78, 5) is 0. The molecule has 2 N–H and O–H groups in total. The second kappa shape index (κ2) is 49.9. The van der Waals surface area contributed by atoms with Crippen LogP contribution in [0.15, 0.2) is 0 Å². The SMILES string of the molecule is C#CCOCCOCCOCCOCCOCCOCCOCCOCCOCCOCCOCCOCCOCCOCCOCCOCCN. The first kappa shape index (κ1) is 50.9. The Hall–Kier alpha value is -1.12. The minimum Gasteiger partial charge on any atom is -0.378 e. The van der Waals surface area contributed by atoms with E-state index in [-0.39, 0.29) is 0 Å². The van der Waals surface area contributed by atoms with Crippen LogP contribution in [0.3, 0.4) is 0 Å². The molecule has 0 atom stereocenters. The van der Waals surface area contributed by atoms with Gasteiger partial charge in [-0.2, -0.15) is 0 Å². The highest BCUT2D eigenvalue weighted by atomic mass is 16.6. The highest BCUT2D eigenvalue weighted by Gasteiger charge is 1.97. The summed E-state index contributed by atoms with van der Waals surface area (Å²) < 4.78 is 86.6. The van der Waals surface area contributed by atoms with Crippen molar-refractivity contribution in [2.45, 2.75) is 0 Å². The lowest BCUT2D eigenvalue weighted by Gasteiger charge is -2.09. The third-order valence-corrected chi connectivity index (χ3v) is 6.03. The van der Waals surface area contributed by atoms with Crippen molar-refractivity contribution >= 4 is 0 Å². The first-order valence-electron chi connectivity index (χ1n) is 18.3. The monoisotopic (exact) mass is 759 g/mol. The first-order chi connectivity index (χ1) is 25.9. The van der Waals surface area contributed by atoms with Gasteiger partial charge in [-0.05, 0) is 0 Å². The minimum absolute atomic E-state index is 0.304. The highest BCUT2D eigenvalue weighted by molar-refractivity contribution is 4.82. The Kier molecular flexibility index (Phi) is 48.8. The average molecular weight is 760 g/mol. The van der Waals surface area contributed by atoms with Gasteiger partial charge in [0.25, 0.3) is 0 Å². The van der Waals surface area contributed by atoms with Crippen molar-refractivity contribution in [1.82, 2.24) is 0 Å². The van der Waals surface area contributed by atoms with Crippen LogP contribution in [0.1, 0.15) is 0 Å². The van der Waals surface area contributed by atoms with Crippen molar-refractivity contribution < 1.29 is 75.8 Å². The highest BCUT2D eigenvalue weighted by Crippen LogP contribution is 1.88. The summed E-state index contributed by atoms with van der Waals surface area (Å²) in [6.07, 6.45) is 5.08. The maximum atomic E-state index is 5.49. The van der Waals surface area contributed by atoms with Crippen LogP contribution in [0.5, 0.6) is 0 Å². The maximum Gasteiger partial charge on any atom is 0.107 e. The number of terminal acetylenes is 1. The van der Waals surface area contributed by atoms with Crippen LogP contribution >= 0.6 is 0 Å². The largest absolute Gasteiger partial charge is 0.378 e. The minimum atomic E-state index is 0.304. The molecule has 0 unspecified atom stereocenters. The van der Waals surface area contributed by atoms with Gasteiger partial charge >= 0.3 is 0 Å². The van der Waals surface area contributed by atoms with Gasteiger partial charge in [0.2, 0.25) is 0 Å². The van der Waals surface area contributed by atoms with E-state index in [4.69, 9.17) is 87.9 Å². The van der Waals surface area contributed by atoms with E-state index in [1.807, 2.05) is 0 Å². The zero-order valence-electron chi connectivity index (χ0n) is 31.5. The molecule has 17 nitrogen and oxygen atoms in total. The van der Waals surface area contributed by atoms with E-state index in [0.717, 1.165) is 0 Å². The lowest BCUT2D eigenvalue weighted by atomic mass is 10.6. The normalized spacial score (nSPS) is 11.5. The molecule has 0 aromatic heterocycles. The lowest BCUT2D eigenvalue weighted by molar-refractivity contribution is -0.0303. The van der Waals surface area contributed by atoms with Crippen LogP contribution < -0.4 is 5.73 Å². The Morgan fingerprint density at radius 1 is 0.231 bits per heavy atom. The lowest BCUT2D eigenvalue weighted by Crippen LogP contribution is -2.16. The maximum absolute atomic E-state index is 5.49. The van der Waals surface area contributed by atoms with Gasteiger partial charge in [-0.25, -0.2) is 0 Å². The van der Waals surface area contributed by atoms with Crippen molar-refractivity contribution in [3.63, 3.8) is 0 Å². The van der Waals surface area contributed by atoms with E-state index in [2.05, 4.69) is 5.92 Å². The standard InChI is InChI=1S/C35H69NO16/c1-2-4-37-6-8-39-10-12-41-14-16-43-18-20-45-22-24-47-26-28-49-30-32-51-34-35-52-33-31-50-29-27-48-25-23-46-21-19-44-17-15-42-13-11-40-9-7-38-5-3-36/h1H,3-36H2. The fraction of sp³-hybridized carbons (Fsp3) is 0.943. The van der Waals surface area contributed by atoms with Crippen molar-refractivity contribution in [2.24, 2.45) is 5.73 Å². The van der Waals surface area contributed by atoms with E-state index in [0.29, 0.717) is 218 Å². The third kappa shape index (κ3) is 48.9. The van der Waals surface area contributed by atoms with Gasteiger partial charge in [0, 0.05) is 6.54 Å². The molecule has 0 rings (SSSR count). The van der Waals surface area contributed by atoms with Crippen LogP contribution in [-0.4, -0.2) is 218 Å². The van der Waals surface area contributed by atoms with Crippen LogP contribution in [0.2, 0.25) is 0 Å². The Bertz CT molecular complexity index is 679. The van der Waals surface area contributed by atoms with Crippen LogP contribution in [0.4, 0.5) is 0 Å². The van der Waals surface area contributed by atoms with Gasteiger partial charge in [-0.1, -0.05) is 5.92 Å². The molecule has 310 valence electrons. The zero-order valence-corrected chi connectivity index (χ0v) is 31.5. The fourth-order valence-electron chi connectivity index (χ4n) is 3.51. The molecule has 0 aliphatic carbocycles. The van der Waals surface area contributed by atoms with Crippen molar-refractivity contribution in [1.29, 1.82) is 0 Å². The Morgan fingerprint density at radius 3 is 0.500 bits per heavy atom. The summed E-state index contributed by atoms with van der Waals surface area (Å²) >= 11 is 0. The second-order valence-corrected chi connectivity index (χ2v) is 10.2. The summed E-state index contributed by atoms with van der Waals surface area (Å²) in [5.41, 5.74) is 5.33. The molecule has 0 heterocycles. The second-order valence-electron chi connectivity index (χ2n) is 10.2. The quantitative estimate of drug-likeness (QED) is 0.0640. The van der Waals surface area contributed by atoms with Gasteiger partial charge in [-0.15, -0.1) is 6.42 Å². The van der Waals surface area contributed by atoms with E-state index in [1.54, 1.807) is 0 Å². The molecule has 0 spiro atoms. The Balaban J connectivity index is 3.05. The summed E-state index contributed by atoms with van der Waals surface area (Å²) in [5.74, 6) is 2.40. The molecule has 52 heavy (non-hydrogen) atoms. The zero-order chi connectivity index (χ0) is 37.4. The predicted octanol–water partition coefficient (Wildman–Crippen LogP) is -0.156. The smallest absolute Gasteiger partial charge is 0.107 e. The fourth-order valence-corrected chi connectivity index (χ4v) is 3.51. The summed E-state index contributed by atoms with van der Waals surface area (Å²) in [6, 6.07) is 0. The number of rotatable bonds is 48. The topological polar surface area (TPSA) is 174 Å². The average Bonchev–Trinajstić information content (AvgIpc) is 3.16.